The van der Waals surface area contributed by atoms with Crippen molar-refractivity contribution in [1.29, 1.82) is 0 Å². The monoisotopic (exact) mass is 287 g/mol. The molecule has 0 spiro atoms. The highest BCUT2D eigenvalue weighted by Gasteiger charge is 2.11. The molecule has 0 fully saturated rings. The summed E-state index contributed by atoms with van der Waals surface area (Å²) in [6, 6.07) is 10.2. The highest BCUT2D eigenvalue weighted by Crippen LogP contribution is 2.21. The first-order valence-corrected chi connectivity index (χ1v) is 6.69. The molecule has 0 saturated carbocycles. The molecular weight excluding hydrogens is 269 g/mol. The second kappa shape index (κ2) is 6.39. The second-order valence-corrected chi connectivity index (χ2v) is 4.89. The first-order valence-electron chi connectivity index (χ1n) is 6.69. The Hall–Kier alpha value is -2.36. The van der Waals surface area contributed by atoms with Crippen LogP contribution < -0.4 is 5.32 Å². The molecule has 0 aliphatic heterocycles. The first kappa shape index (κ1) is 15.0. The molecular formula is C17H18FNO2. The molecule has 2 aromatic carbocycles. The Balaban J connectivity index is 2.18. The Bertz CT molecular complexity index is 668. The maximum Gasteiger partial charge on any atom is 0.338 e. The summed E-state index contributed by atoms with van der Waals surface area (Å²) >= 11 is 0. The van der Waals surface area contributed by atoms with Gasteiger partial charge >= 0.3 is 5.97 Å². The van der Waals surface area contributed by atoms with Crippen LogP contribution in [0.2, 0.25) is 0 Å². The third-order valence-electron chi connectivity index (χ3n) is 3.51. The molecule has 2 rings (SSSR count). The van der Waals surface area contributed by atoms with Gasteiger partial charge in [-0.05, 0) is 54.8 Å². The van der Waals surface area contributed by atoms with Gasteiger partial charge in [-0.2, -0.15) is 0 Å². The van der Waals surface area contributed by atoms with Gasteiger partial charge in [-0.15, -0.1) is 0 Å². The molecule has 0 heterocycles. The Morgan fingerprint density at radius 3 is 2.67 bits per heavy atom. The van der Waals surface area contributed by atoms with Crippen LogP contribution >= 0.6 is 0 Å². The lowest BCUT2D eigenvalue weighted by atomic mass is 10.1. The molecule has 0 aliphatic carbocycles. The molecule has 0 radical (unpaired) electrons. The minimum Gasteiger partial charge on any atom is -0.465 e. The third kappa shape index (κ3) is 3.40. The number of nitrogens with one attached hydrogen (secondary N) is 1. The van der Waals surface area contributed by atoms with E-state index in [0.717, 1.165) is 22.4 Å². The Kier molecular flexibility index (Phi) is 4.58. The predicted octanol–water partition coefficient (Wildman–Crippen LogP) is 3.84. The SMILES string of the molecule is COC(=O)c1cccc(NCc2ccc(F)cc2C)c1C. The zero-order chi connectivity index (χ0) is 15.4. The summed E-state index contributed by atoms with van der Waals surface area (Å²) in [5.41, 5.74) is 4.15. The number of carbonyl (C=O) groups excluding carboxylic acids is 1. The largest absolute Gasteiger partial charge is 0.465 e. The first-order chi connectivity index (χ1) is 10.0. The molecule has 1 N–H and O–H groups in total. The van der Waals surface area contributed by atoms with Crippen molar-refractivity contribution in [2.75, 3.05) is 12.4 Å². The summed E-state index contributed by atoms with van der Waals surface area (Å²) in [6.45, 7) is 4.31. The zero-order valence-corrected chi connectivity index (χ0v) is 12.4. The summed E-state index contributed by atoms with van der Waals surface area (Å²) in [5, 5.41) is 3.28. The van der Waals surface area contributed by atoms with Crippen molar-refractivity contribution in [2.45, 2.75) is 20.4 Å². The van der Waals surface area contributed by atoms with Crippen molar-refractivity contribution in [1.82, 2.24) is 0 Å². The molecule has 3 nitrogen and oxygen atoms in total. The number of hydrogen-bond acceptors (Lipinski definition) is 3. The number of benzene rings is 2. The molecule has 2 aromatic rings. The van der Waals surface area contributed by atoms with Crippen LogP contribution in [0.25, 0.3) is 0 Å². The molecule has 110 valence electrons. The number of esters is 1. The Morgan fingerprint density at radius 2 is 2.00 bits per heavy atom. The van der Waals surface area contributed by atoms with Gasteiger partial charge in [-0.25, -0.2) is 9.18 Å². The topological polar surface area (TPSA) is 38.3 Å². The predicted molar refractivity (Wildman–Crippen MR) is 81.0 cm³/mol. The van der Waals surface area contributed by atoms with E-state index >= 15 is 0 Å². The van der Waals surface area contributed by atoms with E-state index in [2.05, 4.69) is 5.32 Å². The van der Waals surface area contributed by atoms with Crippen molar-refractivity contribution in [3.8, 4) is 0 Å². The van der Waals surface area contributed by atoms with Gasteiger partial charge in [0, 0.05) is 12.2 Å². The molecule has 0 atom stereocenters. The van der Waals surface area contributed by atoms with E-state index < -0.39 is 0 Å². The van der Waals surface area contributed by atoms with E-state index in [-0.39, 0.29) is 11.8 Å². The van der Waals surface area contributed by atoms with Crippen LogP contribution in [0.1, 0.15) is 27.0 Å². The maximum absolute atomic E-state index is 13.1. The number of carbonyl (C=O) groups is 1. The lowest BCUT2D eigenvalue weighted by molar-refractivity contribution is 0.0600. The van der Waals surface area contributed by atoms with E-state index in [1.165, 1.54) is 19.2 Å². The molecule has 0 aromatic heterocycles. The van der Waals surface area contributed by atoms with Crippen LogP contribution in [0.5, 0.6) is 0 Å². The van der Waals surface area contributed by atoms with Crippen LogP contribution in [0.15, 0.2) is 36.4 Å². The van der Waals surface area contributed by atoms with Crippen LogP contribution in [0, 0.1) is 19.7 Å². The van der Waals surface area contributed by atoms with E-state index in [4.69, 9.17) is 4.74 Å². The van der Waals surface area contributed by atoms with Crippen LogP contribution in [-0.2, 0) is 11.3 Å². The second-order valence-electron chi connectivity index (χ2n) is 4.89. The minimum absolute atomic E-state index is 0.236. The lowest BCUT2D eigenvalue weighted by Crippen LogP contribution is -2.08. The van der Waals surface area contributed by atoms with Gasteiger partial charge in [0.2, 0.25) is 0 Å². The average molecular weight is 287 g/mol. The number of rotatable bonds is 4. The molecule has 0 bridgehead atoms. The number of ether oxygens (including phenoxy) is 1. The Labute approximate surface area is 123 Å². The third-order valence-corrected chi connectivity index (χ3v) is 3.51. The minimum atomic E-state index is -0.353. The lowest BCUT2D eigenvalue weighted by Gasteiger charge is -2.13. The van der Waals surface area contributed by atoms with Crippen molar-refractivity contribution < 1.29 is 13.9 Å². The maximum atomic E-state index is 13.1. The fourth-order valence-electron chi connectivity index (χ4n) is 2.21. The normalized spacial score (nSPS) is 10.3. The van der Waals surface area contributed by atoms with Crippen LogP contribution in [-0.4, -0.2) is 13.1 Å². The standard InChI is InChI=1S/C17H18FNO2/c1-11-9-14(18)8-7-13(11)10-19-16-6-4-5-15(12(16)2)17(20)21-3/h4-9,19H,10H2,1-3H3. The van der Waals surface area contributed by atoms with Crippen molar-refractivity contribution >= 4 is 11.7 Å². The Morgan fingerprint density at radius 1 is 1.24 bits per heavy atom. The van der Waals surface area contributed by atoms with E-state index in [9.17, 15) is 9.18 Å². The van der Waals surface area contributed by atoms with Gasteiger partial charge in [-0.1, -0.05) is 12.1 Å². The van der Waals surface area contributed by atoms with E-state index in [0.29, 0.717) is 12.1 Å². The number of anilines is 1. The molecule has 21 heavy (non-hydrogen) atoms. The molecule has 0 saturated heterocycles. The molecule has 0 aliphatic rings. The van der Waals surface area contributed by atoms with Crippen molar-refractivity contribution in [3.05, 3.63) is 64.5 Å². The summed E-state index contributed by atoms with van der Waals surface area (Å²) in [4.78, 5) is 11.7. The van der Waals surface area contributed by atoms with Gasteiger partial charge in [0.05, 0.1) is 12.7 Å². The van der Waals surface area contributed by atoms with Gasteiger partial charge in [0.15, 0.2) is 0 Å². The zero-order valence-electron chi connectivity index (χ0n) is 12.4. The smallest absolute Gasteiger partial charge is 0.338 e. The fourth-order valence-corrected chi connectivity index (χ4v) is 2.21. The summed E-state index contributed by atoms with van der Waals surface area (Å²) in [5.74, 6) is -0.589. The molecule has 0 unspecified atom stereocenters. The van der Waals surface area contributed by atoms with E-state index in [1.54, 1.807) is 18.2 Å². The van der Waals surface area contributed by atoms with Crippen molar-refractivity contribution in [3.63, 3.8) is 0 Å². The number of aryl methyl sites for hydroxylation is 1. The van der Waals surface area contributed by atoms with E-state index in [1.807, 2.05) is 19.9 Å². The van der Waals surface area contributed by atoms with Gasteiger partial charge < -0.3 is 10.1 Å². The number of methoxy groups -OCH3 is 1. The summed E-state index contributed by atoms with van der Waals surface area (Å²) in [7, 11) is 1.36. The van der Waals surface area contributed by atoms with Gasteiger partial charge in [-0.3, -0.25) is 0 Å². The average Bonchev–Trinajstić information content (AvgIpc) is 2.47. The highest BCUT2D eigenvalue weighted by atomic mass is 19.1. The highest BCUT2D eigenvalue weighted by molar-refractivity contribution is 5.92. The molecule has 0 amide bonds. The number of halogens is 1. The number of hydrogen-bond donors (Lipinski definition) is 1. The quantitative estimate of drug-likeness (QED) is 0.868. The van der Waals surface area contributed by atoms with Crippen LogP contribution in [0.4, 0.5) is 10.1 Å². The fraction of sp³-hybridized carbons (Fsp3) is 0.235. The summed E-state index contributed by atoms with van der Waals surface area (Å²) in [6.07, 6.45) is 0. The van der Waals surface area contributed by atoms with Crippen LogP contribution in [0.3, 0.4) is 0 Å². The summed E-state index contributed by atoms with van der Waals surface area (Å²) < 4.78 is 17.8. The van der Waals surface area contributed by atoms with Gasteiger partial charge in [0.25, 0.3) is 0 Å². The molecule has 4 heteroatoms. The van der Waals surface area contributed by atoms with Crippen molar-refractivity contribution in [2.24, 2.45) is 0 Å². The van der Waals surface area contributed by atoms with Gasteiger partial charge in [0.1, 0.15) is 5.82 Å².